The van der Waals surface area contributed by atoms with E-state index >= 15 is 0 Å². The second kappa shape index (κ2) is 6.42. The van der Waals surface area contributed by atoms with Gasteiger partial charge in [-0.3, -0.25) is 0 Å². The summed E-state index contributed by atoms with van der Waals surface area (Å²) in [4.78, 5) is 11.1. The summed E-state index contributed by atoms with van der Waals surface area (Å²) in [5.41, 5.74) is 0.919. The van der Waals surface area contributed by atoms with E-state index in [-0.39, 0.29) is 5.38 Å². The highest BCUT2D eigenvalue weighted by molar-refractivity contribution is 6.21. The number of aromatic nitrogens is 2. The number of hydrogen-bond acceptors (Lipinski definition) is 4. The predicted molar refractivity (Wildman–Crippen MR) is 78.2 cm³/mol. The van der Waals surface area contributed by atoms with Crippen LogP contribution in [0.5, 0.6) is 5.88 Å². The number of alkyl halides is 1. The first-order chi connectivity index (χ1) is 9.11. The molecular formula is C14H22ClN3O. The van der Waals surface area contributed by atoms with Crippen LogP contribution in [-0.4, -0.2) is 35.0 Å². The van der Waals surface area contributed by atoms with Gasteiger partial charge in [-0.15, -0.1) is 11.6 Å². The summed E-state index contributed by atoms with van der Waals surface area (Å²) in [6.07, 6.45) is 4.62. The van der Waals surface area contributed by atoms with Crippen LogP contribution in [0.15, 0.2) is 6.07 Å². The minimum atomic E-state index is 0.179. The fraction of sp³-hybridized carbons (Fsp3) is 0.714. The number of nitrogens with zero attached hydrogens (tertiary/aromatic N) is 3. The van der Waals surface area contributed by atoms with E-state index < -0.39 is 0 Å². The molecule has 1 heterocycles. The molecule has 0 bridgehead atoms. The Morgan fingerprint density at radius 3 is 2.79 bits per heavy atom. The summed E-state index contributed by atoms with van der Waals surface area (Å²) < 4.78 is 5.48. The summed E-state index contributed by atoms with van der Waals surface area (Å²) in [6.45, 7) is 4.53. The van der Waals surface area contributed by atoms with Crippen molar-refractivity contribution in [3.05, 3.63) is 11.8 Å². The Morgan fingerprint density at radius 2 is 2.11 bits per heavy atom. The molecule has 5 heteroatoms. The van der Waals surface area contributed by atoms with E-state index in [4.69, 9.17) is 16.3 Å². The number of rotatable bonds is 4. The zero-order valence-electron chi connectivity index (χ0n) is 11.9. The zero-order valence-corrected chi connectivity index (χ0v) is 12.7. The molecule has 1 aromatic rings. The van der Waals surface area contributed by atoms with Crippen molar-refractivity contribution in [2.45, 2.75) is 50.9 Å². The molecule has 2 unspecified atom stereocenters. The summed E-state index contributed by atoms with van der Waals surface area (Å²) in [6, 6.07) is 2.17. The van der Waals surface area contributed by atoms with Gasteiger partial charge in [0.05, 0.1) is 12.0 Å². The quantitative estimate of drug-likeness (QED) is 0.796. The van der Waals surface area contributed by atoms with E-state index in [0.29, 0.717) is 24.5 Å². The summed E-state index contributed by atoms with van der Waals surface area (Å²) in [7, 11) is 2.02. The van der Waals surface area contributed by atoms with E-state index in [0.717, 1.165) is 18.5 Å². The molecule has 1 aliphatic carbocycles. The molecule has 1 saturated carbocycles. The predicted octanol–water partition coefficient (Wildman–Crippen LogP) is 3.17. The topological polar surface area (TPSA) is 38.2 Å². The normalized spacial score (nSPS) is 23.2. The average Bonchev–Trinajstić information content (AvgIpc) is 2.38. The number of aryl methyl sites for hydroxylation is 1. The number of halogens is 1. The Kier molecular flexibility index (Phi) is 4.86. The van der Waals surface area contributed by atoms with Gasteiger partial charge in [0.25, 0.3) is 0 Å². The van der Waals surface area contributed by atoms with Gasteiger partial charge in [-0.05, 0) is 26.7 Å². The van der Waals surface area contributed by atoms with Gasteiger partial charge in [0.1, 0.15) is 0 Å². The van der Waals surface area contributed by atoms with Gasteiger partial charge in [-0.2, -0.15) is 4.98 Å². The third kappa shape index (κ3) is 3.50. The van der Waals surface area contributed by atoms with Crippen LogP contribution in [-0.2, 0) is 0 Å². The van der Waals surface area contributed by atoms with Crippen molar-refractivity contribution in [2.75, 3.05) is 18.6 Å². The number of ether oxygens (including phenoxy) is 1. The zero-order chi connectivity index (χ0) is 13.8. The van der Waals surface area contributed by atoms with E-state index in [9.17, 15) is 0 Å². The van der Waals surface area contributed by atoms with Crippen molar-refractivity contribution in [1.82, 2.24) is 9.97 Å². The SMILES string of the molecule is CCOc1cc(C)nc(N(C)C2CCCCC2Cl)n1. The number of hydrogen-bond donors (Lipinski definition) is 0. The van der Waals surface area contributed by atoms with Crippen LogP contribution in [0, 0.1) is 6.92 Å². The first-order valence-electron chi connectivity index (χ1n) is 6.97. The van der Waals surface area contributed by atoms with Crippen LogP contribution in [0.25, 0.3) is 0 Å². The molecule has 0 saturated heterocycles. The fourth-order valence-electron chi connectivity index (χ4n) is 2.55. The van der Waals surface area contributed by atoms with Crippen molar-refractivity contribution < 1.29 is 4.74 Å². The summed E-state index contributed by atoms with van der Waals surface area (Å²) in [5, 5.41) is 0.179. The molecular weight excluding hydrogens is 262 g/mol. The molecule has 0 radical (unpaired) electrons. The maximum Gasteiger partial charge on any atom is 0.228 e. The van der Waals surface area contributed by atoms with Crippen molar-refractivity contribution in [1.29, 1.82) is 0 Å². The molecule has 0 aromatic carbocycles. The minimum absolute atomic E-state index is 0.179. The molecule has 19 heavy (non-hydrogen) atoms. The molecule has 106 valence electrons. The van der Waals surface area contributed by atoms with Crippen molar-refractivity contribution in [3.63, 3.8) is 0 Å². The fourth-order valence-corrected chi connectivity index (χ4v) is 3.00. The Hall–Kier alpha value is -1.03. The lowest BCUT2D eigenvalue weighted by Crippen LogP contribution is -2.41. The van der Waals surface area contributed by atoms with Crippen LogP contribution in [0.2, 0.25) is 0 Å². The standard InChI is InChI=1S/C14H22ClN3O/c1-4-19-13-9-10(2)16-14(17-13)18(3)12-8-6-5-7-11(12)15/h9,11-12H,4-8H2,1-3H3. The van der Waals surface area contributed by atoms with E-state index in [1.54, 1.807) is 0 Å². The van der Waals surface area contributed by atoms with Crippen LogP contribution in [0.1, 0.15) is 38.3 Å². The highest BCUT2D eigenvalue weighted by Gasteiger charge is 2.28. The first kappa shape index (κ1) is 14.4. The molecule has 0 spiro atoms. The third-order valence-electron chi connectivity index (χ3n) is 3.57. The van der Waals surface area contributed by atoms with Crippen LogP contribution in [0.3, 0.4) is 0 Å². The molecule has 0 N–H and O–H groups in total. The molecule has 2 atom stereocenters. The molecule has 0 aliphatic heterocycles. The Balaban J connectivity index is 2.19. The maximum absolute atomic E-state index is 6.44. The lowest BCUT2D eigenvalue weighted by atomic mass is 9.94. The second-order valence-electron chi connectivity index (χ2n) is 5.06. The van der Waals surface area contributed by atoms with Crippen molar-refractivity contribution in [2.24, 2.45) is 0 Å². The molecule has 4 nitrogen and oxygen atoms in total. The largest absolute Gasteiger partial charge is 0.478 e. The summed E-state index contributed by atoms with van der Waals surface area (Å²) >= 11 is 6.44. The van der Waals surface area contributed by atoms with Gasteiger partial charge in [0.15, 0.2) is 0 Å². The van der Waals surface area contributed by atoms with E-state index in [2.05, 4.69) is 14.9 Å². The van der Waals surface area contributed by atoms with Crippen molar-refractivity contribution >= 4 is 17.5 Å². The Labute approximate surface area is 120 Å². The highest BCUT2D eigenvalue weighted by Crippen LogP contribution is 2.29. The third-order valence-corrected chi connectivity index (χ3v) is 4.08. The number of anilines is 1. The maximum atomic E-state index is 6.44. The first-order valence-corrected chi connectivity index (χ1v) is 7.41. The van der Waals surface area contributed by atoms with Crippen LogP contribution in [0.4, 0.5) is 5.95 Å². The second-order valence-corrected chi connectivity index (χ2v) is 5.62. The van der Waals surface area contributed by atoms with Gasteiger partial charge in [-0.25, -0.2) is 4.98 Å². The Morgan fingerprint density at radius 1 is 1.37 bits per heavy atom. The molecule has 2 rings (SSSR count). The van der Waals surface area contributed by atoms with Gasteiger partial charge in [-0.1, -0.05) is 12.8 Å². The minimum Gasteiger partial charge on any atom is -0.478 e. The van der Waals surface area contributed by atoms with E-state index in [1.807, 2.05) is 27.0 Å². The van der Waals surface area contributed by atoms with Crippen LogP contribution >= 0.6 is 11.6 Å². The molecule has 1 aromatic heterocycles. The van der Waals surface area contributed by atoms with Gasteiger partial charge in [0.2, 0.25) is 11.8 Å². The average molecular weight is 284 g/mol. The lowest BCUT2D eigenvalue weighted by Gasteiger charge is -2.35. The Bertz CT molecular complexity index is 427. The van der Waals surface area contributed by atoms with Gasteiger partial charge in [0, 0.05) is 24.8 Å². The molecule has 1 fully saturated rings. The highest BCUT2D eigenvalue weighted by atomic mass is 35.5. The van der Waals surface area contributed by atoms with Gasteiger partial charge < -0.3 is 9.64 Å². The van der Waals surface area contributed by atoms with E-state index in [1.165, 1.54) is 12.8 Å². The monoisotopic (exact) mass is 283 g/mol. The van der Waals surface area contributed by atoms with Gasteiger partial charge >= 0.3 is 0 Å². The van der Waals surface area contributed by atoms with Crippen LogP contribution < -0.4 is 9.64 Å². The van der Waals surface area contributed by atoms with Crippen molar-refractivity contribution in [3.8, 4) is 5.88 Å². The molecule has 1 aliphatic rings. The lowest BCUT2D eigenvalue weighted by molar-refractivity contribution is 0.325. The molecule has 0 amide bonds. The smallest absolute Gasteiger partial charge is 0.228 e. The summed E-state index contributed by atoms with van der Waals surface area (Å²) in [5.74, 6) is 1.35.